The van der Waals surface area contributed by atoms with Gasteiger partial charge in [0.25, 0.3) is 0 Å². The van der Waals surface area contributed by atoms with E-state index in [9.17, 15) is 32.1 Å². The quantitative estimate of drug-likeness (QED) is 0.144. The number of rotatable bonds is 14. The molecular formula is C30H43ClN3NaO9S. The minimum atomic E-state index is -5.27. The Bertz CT molecular complexity index is 1290. The predicted octanol–water partition coefficient (Wildman–Crippen LogP) is 0.522. The molecule has 2 aliphatic rings. The zero-order valence-electron chi connectivity index (χ0n) is 26.4. The van der Waals surface area contributed by atoms with Gasteiger partial charge in [0, 0.05) is 29.3 Å². The third kappa shape index (κ3) is 12.3. The number of nitrogens with one attached hydrogen (secondary N) is 3. The number of halogens is 1. The fourth-order valence-corrected chi connectivity index (χ4v) is 6.66. The summed E-state index contributed by atoms with van der Waals surface area (Å²) in [5, 5.41) is 8.34. The van der Waals surface area contributed by atoms with Crippen molar-refractivity contribution in [3.05, 3.63) is 34.9 Å². The van der Waals surface area contributed by atoms with Crippen LogP contribution in [0.2, 0.25) is 5.02 Å². The van der Waals surface area contributed by atoms with Crippen LogP contribution < -0.4 is 45.5 Å². The molecule has 3 rings (SSSR count). The van der Waals surface area contributed by atoms with Gasteiger partial charge in [0.05, 0.1) is 6.04 Å². The summed E-state index contributed by atoms with van der Waals surface area (Å²) in [6.45, 7) is 5.50. The van der Waals surface area contributed by atoms with Gasteiger partial charge in [-0.1, -0.05) is 76.6 Å². The summed E-state index contributed by atoms with van der Waals surface area (Å²) in [5.41, 5.74) is -2.01. The number of hydrogen-bond acceptors (Lipinski definition) is 9. The molecule has 1 heterocycles. The van der Waals surface area contributed by atoms with E-state index in [-0.39, 0.29) is 67.3 Å². The van der Waals surface area contributed by atoms with Gasteiger partial charge in [-0.3, -0.25) is 14.4 Å². The van der Waals surface area contributed by atoms with Crippen LogP contribution in [-0.4, -0.2) is 67.5 Å². The molecule has 12 nitrogen and oxygen atoms in total. The van der Waals surface area contributed by atoms with Crippen LogP contribution in [0.1, 0.15) is 84.1 Å². The van der Waals surface area contributed by atoms with Gasteiger partial charge in [0.2, 0.25) is 17.3 Å². The molecule has 1 unspecified atom stereocenters. The van der Waals surface area contributed by atoms with Crippen molar-refractivity contribution in [2.24, 2.45) is 11.8 Å². The first kappa shape index (κ1) is 39.3. The van der Waals surface area contributed by atoms with Crippen molar-refractivity contribution in [3.8, 4) is 0 Å². The zero-order chi connectivity index (χ0) is 32.5. The molecule has 1 aliphatic heterocycles. The Balaban J connectivity index is 0.00000705. The molecule has 0 aromatic heterocycles. The van der Waals surface area contributed by atoms with E-state index in [1.165, 1.54) is 6.92 Å². The molecule has 1 saturated carbocycles. The second-order valence-corrected chi connectivity index (χ2v) is 14.1. The molecule has 3 amide bonds. The third-order valence-electron chi connectivity index (χ3n) is 8.25. The van der Waals surface area contributed by atoms with Gasteiger partial charge in [-0.05, 0) is 42.9 Å². The van der Waals surface area contributed by atoms with Crippen LogP contribution in [0, 0.1) is 11.8 Å². The van der Waals surface area contributed by atoms with Gasteiger partial charge in [0.1, 0.15) is 22.8 Å². The molecule has 4 atom stereocenters. The van der Waals surface area contributed by atoms with Crippen molar-refractivity contribution >= 4 is 45.6 Å². The van der Waals surface area contributed by atoms with Crippen molar-refractivity contribution in [2.45, 2.75) is 101 Å². The average Bonchev–Trinajstić information content (AvgIpc) is 3.37. The van der Waals surface area contributed by atoms with Crippen molar-refractivity contribution in [3.63, 3.8) is 0 Å². The topological polar surface area (TPSA) is 180 Å². The average molecular weight is 680 g/mol. The molecule has 246 valence electrons. The molecule has 15 heteroatoms. The number of amides is 3. The van der Waals surface area contributed by atoms with Crippen LogP contribution in [0.3, 0.4) is 0 Å². The summed E-state index contributed by atoms with van der Waals surface area (Å²) >= 11 is 6.13. The molecule has 1 aliphatic carbocycles. The van der Waals surface area contributed by atoms with Crippen molar-refractivity contribution in [1.29, 1.82) is 0 Å². The Morgan fingerprint density at radius 2 is 1.80 bits per heavy atom. The summed E-state index contributed by atoms with van der Waals surface area (Å²) in [5.74, 6) is -2.69. The van der Waals surface area contributed by atoms with Gasteiger partial charge in [-0.25, -0.2) is 13.2 Å². The summed E-state index contributed by atoms with van der Waals surface area (Å²) in [6, 6.07) is 4.51. The Labute approximate surface area is 292 Å². The van der Waals surface area contributed by atoms with Gasteiger partial charge in [-0.2, -0.15) is 0 Å². The van der Waals surface area contributed by atoms with E-state index in [2.05, 4.69) is 16.0 Å². The molecule has 2 fully saturated rings. The van der Waals surface area contributed by atoms with Crippen LogP contribution in [0.15, 0.2) is 24.3 Å². The second kappa shape index (κ2) is 17.9. The van der Waals surface area contributed by atoms with Crippen molar-refractivity contribution < 1.29 is 71.2 Å². The first-order valence-electron chi connectivity index (χ1n) is 15.1. The number of carbonyl (C=O) groups excluding carboxylic acids is 4. The Morgan fingerprint density at radius 1 is 1.11 bits per heavy atom. The molecule has 1 aromatic rings. The molecular weight excluding hydrogens is 637 g/mol. The first-order valence-corrected chi connectivity index (χ1v) is 17.0. The van der Waals surface area contributed by atoms with Crippen LogP contribution in [-0.2, 0) is 39.4 Å². The molecule has 1 saturated heterocycles. The molecule has 45 heavy (non-hydrogen) atoms. The van der Waals surface area contributed by atoms with Crippen molar-refractivity contribution in [1.82, 2.24) is 16.0 Å². The largest absolute Gasteiger partial charge is 1.00 e. The molecule has 1 aromatic carbocycles. The number of hydrogen-bond donors (Lipinski definition) is 3. The summed E-state index contributed by atoms with van der Waals surface area (Å²) in [7, 11) is -5.27. The Hall–Kier alpha value is -1.90. The minimum absolute atomic E-state index is 0. The zero-order valence-corrected chi connectivity index (χ0v) is 30.0. The van der Waals surface area contributed by atoms with Crippen LogP contribution in [0.25, 0.3) is 0 Å². The van der Waals surface area contributed by atoms with E-state index in [1.54, 1.807) is 18.2 Å². The SMILES string of the molecule is CCC(=O)OC([C@H](C[C@@H]1CCNC1=O)NC(=O)[C@H](CC1CCCCC1)NC(=O)OCC(C)(C)c1cccc(Cl)c1)S(=O)(=O)[O-].[Na+]. The Morgan fingerprint density at radius 3 is 2.38 bits per heavy atom. The normalized spacial score (nSPS) is 19.3. The van der Waals surface area contributed by atoms with Crippen molar-refractivity contribution in [2.75, 3.05) is 13.2 Å². The van der Waals surface area contributed by atoms with Crippen LogP contribution in [0.4, 0.5) is 4.79 Å². The molecule has 0 radical (unpaired) electrons. The van der Waals surface area contributed by atoms with Gasteiger partial charge < -0.3 is 30.0 Å². The smallest absolute Gasteiger partial charge is 0.745 e. The van der Waals surface area contributed by atoms with Gasteiger partial charge >= 0.3 is 41.6 Å². The number of benzene rings is 1. The molecule has 0 bridgehead atoms. The monoisotopic (exact) mass is 679 g/mol. The summed E-state index contributed by atoms with van der Waals surface area (Å²) in [4.78, 5) is 51.2. The standard InChI is InChI=1S/C30H44ClN3O9S.Na/c1-4-25(35)43-28(44(39,40)41)24(16-20-13-14-32-26(20)36)33-27(37)23(15-19-9-6-5-7-10-19)34-29(38)42-18-30(2,3)21-11-8-12-22(31)17-21;/h8,11-12,17,19-20,23-24,28H,4-7,9-10,13-16,18H2,1-3H3,(H,32,36)(H,33,37)(H,34,38)(H,39,40,41);/q;+1/p-1/t20-,23-,24-,28?;/m0./s1. The number of alkyl carbamates (subject to hydrolysis) is 1. The van der Waals surface area contributed by atoms with E-state index in [0.29, 0.717) is 18.0 Å². The van der Waals surface area contributed by atoms with Crippen LogP contribution >= 0.6 is 11.6 Å². The molecule has 3 N–H and O–H groups in total. The van der Waals surface area contributed by atoms with Gasteiger partial charge in [-0.15, -0.1) is 0 Å². The maximum Gasteiger partial charge on any atom is 1.00 e. The fourth-order valence-electron chi connectivity index (χ4n) is 5.66. The van der Waals surface area contributed by atoms with Crippen LogP contribution in [0.5, 0.6) is 0 Å². The van der Waals surface area contributed by atoms with E-state index < -0.39 is 56.9 Å². The number of esters is 1. The third-order valence-corrected chi connectivity index (χ3v) is 9.48. The van der Waals surface area contributed by atoms with E-state index in [1.807, 2.05) is 19.9 Å². The summed E-state index contributed by atoms with van der Waals surface area (Å²) < 4.78 is 47.3. The predicted molar refractivity (Wildman–Crippen MR) is 161 cm³/mol. The van der Waals surface area contributed by atoms with E-state index >= 15 is 0 Å². The van der Waals surface area contributed by atoms with Gasteiger partial charge in [0.15, 0.2) is 0 Å². The number of carbonyl (C=O) groups is 4. The summed E-state index contributed by atoms with van der Waals surface area (Å²) in [6.07, 6.45) is 3.98. The van der Waals surface area contributed by atoms with E-state index in [0.717, 1.165) is 37.7 Å². The number of ether oxygens (including phenoxy) is 2. The Kier molecular flexibility index (Phi) is 15.6. The second-order valence-electron chi connectivity index (χ2n) is 12.2. The first-order chi connectivity index (χ1) is 20.7. The molecule has 0 spiro atoms. The van der Waals surface area contributed by atoms with E-state index in [4.69, 9.17) is 21.1 Å². The maximum atomic E-state index is 13.7. The fraction of sp³-hybridized carbons (Fsp3) is 0.667. The minimum Gasteiger partial charge on any atom is -0.745 e. The maximum absolute atomic E-state index is 13.7.